The van der Waals surface area contributed by atoms with Crippen LogP contribution in [-0.4, -0.2) is 19.1 Å². The number of hydrogen-bond acceptors (Lipinski definition) is 4. The summed E-state index contributed by atoms with van der Waals surface area (Å²) in [4.78, 5) is 12.1. The average molecular weight is 301 g/mol. The third-order valence-corrected chi connectivity index (χ3v) is 3.55. The Morgan fingerprint density at radius 2 is 2.43 bits per heavy atom. The number of nitrogens with two attached hydrogens (primary N) is 1. The van der Waals surface area contributed by atoms with Crippen LogP contribution in [0, 0.1) is 0 Å². The Morgan fingerprint density at radius 3 is 2.86 bits per heavy atom. The Morgan fingerprint density at radius 1 is 1.79 bits per heavy atom. The van der Waals surface area contributed by atoms with Gasteiger partial charge in [-0.2, -0.15) is 0 Å². The molecule has 6 heteroatoms. The molecule has 80 valence electrons. The van der Waals surface area contributed by atoms with Gasteiger partial charge < -0.3 is 10.5 Å². The minimum atomic E-state index is -0.569. The molecule has 1 atom stereocenters. The molecule has 0 spiro atoms. The van der Waals surface area contributed by atoms with E-state index in [-0.39, 0.29) is 18.4 Å². The van der Waals surface area contributed by atoms with Crippen LogP contribution in [0.25, 0.3) is 0 Å². The smallest absolute Gasteiger partial charge is 0.323 e. The molecule has 1 aromatic heterocycles. The molecule has 0 aliphatic heterocycles. The van der Waals surface area contributed by atoms with Gasteiger partial charge in [-0.05, 0) is 27.4 Å². The SMILES string of the molecule is COC(=O)C(N)Cc1sccc1Br.Cl. The predicted octanol–water partition coefficient (Wildman–Crippen LogP) is 1.98. The fraction of sp³-hybridized carbons (Fsp3) is 0.375. The molecular formula is C8H11BrClNO2S. The van der Waals surface area contributed by atoms with Crippen LogP contribution < -0.4 is 5.73 Å². The van der Waals surface area contributed by atoms with E-state index in [2.05, 4.69) is 20.7 Å². The first-order valence-corrected chi connectivity index (χ1v) is 5.37. The van der Waals surface area contributed by atoms with E-state index in [0.717, 1.165) is 9.35 Å². The Balaban J connectivity index is 0.00000169. The van der Waals surface area contributed by atoms with Crippen molar-refractivity contribution in [2.45, 2.75) is 12.5 Å². The van der Waals surface area contributed by atoms with E-state index in [1.54, 1.807) is 11.3 Å². The van der Waals surface area contributed by atoms with Crippen molar-refractivity contribution in [1.82, 2.24) is 0 Å². The lowest BCUT2D eigenvalue weighted by molar-refractivity contribution is -0.142. The normalized spacial score (nSPS) is 11.6. The van der Waals surface area contributed by atoms with Crippen molar-refractivity contribution in [1.29, 1.82) is 0 Å². The number of carbonyl (C=O) groups excluding carboxylic acids is 1. The fourth-order valence-electron chi connectivity index (χ4n) is 0.905. The fourth-order valence-corrected chi connectivity index (χ4v) is 2.48. The molecule has 0 fully saturated rings. The van der Waals surface area contributed by atoms with E-state index in [0.29, 0.717) is 6.42 Å². The number of esters is 1. The number of halogens is 2. The summed E-state index contributed by atoms with van der Waals surface area (Å²) >= 11 is 4.94. The summed E-state index contributed by atoms with van der Waals surface area (Å²) in [6.07, 6.45) is 0.519. The molecule has 1 unspecified atom stereocenters. The lowest BCUT2D eigenvalue weighted by atomic mass is 10.2. The lowest BCUT2D eigenvalue weighted by Crippen LogP contribution is -2.33. The second-order valence-corrected chi connectivity index (χ2v) is 4.38. The lowest BCUT2D eigenvalue weighted by Gasteiger charge is -2.07. The second kappa shape index (κ2) is 6.40. The van der Waals surface area contributed by atoms with Gasteiger partial charge in [0.25, 0.3) is 0 Å². The molecule has 0 saturated carbocycles. The third-order valence-electron chi connectivity index (χ3n) is 1.60. The van der Waals surface area contributed by atoms with Crippen LogP contribution in [0.2, 0.25) is 0 Å². The Labute approximate surface area is 101 Å². The zero-order chi connectivity index (χ0) is 9.84. The molecule has 0 amide bonds. The predicted molar refractivity (Wildman–Crippen MR) is 63.0 cm³/mol. The van der Waals surface area contributed by atoms with Crippen LogP contribution in [0.1, 0.15) is 4.88 Å². The quantitative estimate of drug-likeness (QED) is 0.869. The molecule has 1 rings (SSSR count). The molecule has 0 radical (unpaired) electrons. The van der Waals surface area contributed by atoms with Gasteiger partial charge in [0, 0.05) is 15.8 Å². The van der Waals surface area contributed by atoms with Crippen molar-refractivity contribution in [2.75, 3.05) is 7.11 Å². The minimum Gasteiger partial charge on any atom is -0.468 e. The van der Waals surface area contributed by atoms with Crippen LogP contribution in [0.5, 0.6) is 0 Å². The van der Waals surface area contributed by atoms with E-state index >= 15 is 0 Å². The van der Waals surface area contributed by atoms with E-state index in [1.165, 1.54) is 7.11 Å². The maximum atomic E-state index is 11.0. The number of hydrogen-bond donors (Lipinski definition) is 1. The van der Waals surface area contributed by atoms with Crippen molar-refractivity contribution < 1.29 is 9.53 Å². The Bertz CT molecular complexity index is 305. The molecule has 1 heterocycles. The van der Waals surface area contributed by atoms with Crippen molar-refractivity contribution >= 4 is 45.6 Å². The molecule has 2 N–H and O–H groups in total. The summed E-state index contributed by atoms with van der Waals surface area (Å²) in [5.74, 6) is -0.375. The number of ether oxygens (including phenoxy) is 1. The van der Waals surface area contributed by atoms with E-state index in [4.69, 9.17) is 5.73 Å². The van der Waals surface area contributed by atoms with Crippen LogP contribution in [0.3, 0.4) is 0 Å². The van der Waals surface area contributed by atoms with Crippen LogP contribution in [-0.2, 0) is 16.0 Å². The molecule has 0 bridgehead atoms. The highest BCUT2D eigenvalue weighted by Gasteiger charge is 2.16. The summed E-state index contributed by atoms with van der Waals surface area (Å²) in [5, 5.41) is 1.95. The molecule has 3 nitrogen and oxygen atoms in total. The van der Waals surface area contributed by atoms with Crippen LogP contribution in [0.4, 0.5) is 0 Å². The summed E-state index contributed by atoms with van der Waals surface area (Å²) in [6.45, 7) is 0. The zero-order valence-corrected chi connectivity index (χ0v) is 10.7. The second-order valence-electron chi connectivity index (χ2n) is 2.53. The van der Waals surface area contributed by atoms with Gasteiger partial charge in [0.05, 0.1) is 7.11 Å². The summed E-state index contributed by atoms with van der Waals surface area (Å²) < 4.78 is 5.52. The van der Waals surface area contributed by atoms with Gasteiger partial charge in [-0.3, -0.25) is 4.79 Å². The van der Waals surface area contributed by atoms with Gasteiger partial charge in [-0.1, -0.05) is 0 Å². The number of carbonyl (C=O) groups is 1. The van der Waals surface area contributed by atoms with Crippen molar-refractivity contribution in [3.8, 4) is 0 Å². The Kier molecular flexibility index (Phi) is 6.35. The summed E-state index contributed by atoms with van der Waals surface area (Å²) in [7, 11) is 1.34. The summed E-state index contributed by atoms with van der Waals surface area (Å²) in [6, 6.07) is 1.37. The van der Waals surface area contributed by atoms with Gasteiger partial charge >= 0.3 is 5.97 Å². The van der Waals surface area contributed by atoms with Gasteiger partial charge in [0.15, 0.2) is 0 Å². The first kappa shape index (κ1) is 13.9. The number of methoxy groups -OCH3 is 1. The van der Waals surface area contributed by atoms with E-state index in [9.17, 15) is 4.79 Å². The van der Waals surface area contributed by atoms with Crippen LogP contribution in [0.15, 0.2) is 15.9 Å². The monoisotopic (exact) mass is 299 g/mol. The first-order valence-electron chi connectivity index (χ1n) is 3.70. The number of thiophene rings is 1. The molecule has 0 aliphatic rings. The molecule has 0 aromatic carbocycles. The topological polar surface area (TPSA) is 52.3 Å². The van der Waals surface area contributed by atoms with Crippen LogP contribution >= 0.6 is 39.7 Å². The van der Waals surface area contributed by atoms with Gasteiger partial charge in [-0.15, -0.1) is 23.7 Å². The van der Waals surface area contributed by atoms with Crippen molar-refractivity contribution in [3.63, 3.8) is 0 Å². The highest BCUT2D eigenvalue weighted by atomic mass is 79.9. The zero-order valence-electron chi connectivity index (χ0n) is 7.53. The van der Waals surface area contributed by atoms with E-state index < -0.39 is 6.04 Å². The minimum absolute atomic E-state index is 0. The molecule has 0 saturated heterocycles. The molecule has 0 aliphatic carbocycles. The number of rotatable bonds is 3. The molecule has 14 heavy (non-hydrogen) atoms. The standard InChI is InChI=1S/C8H10BrNO2S.ClH/c1-12-8(11)6(10)4-7-5(9)2-3-13-7;/h2-3,6H,4,10H2,1H3;1H. The van der Waals surface area contributed by atoms with Crippen molar-refractivity contribution in [3.05, 3.63) is 20.8 Å². The first-order chi connectivity index (χ1) is 6.15. The average Bonchev–Trinajstić information content (AvgIpc) is 2.50. The third kappa shape index (κ3) is 3.57. The summed E-state index contributed by atoms with van der Waals surface area (Å²) in [5.41, 5.74) is 5.60. The van der Waals surface area contributed by atoms with Gasteiger partial charge in [0.2, 0.25) is 0 Å². The highest BCUT2D eigenvalue weighted by molar-refractivity contribution is 9.10. The molecule has 1 aromatic rings. The Hall–Kier alpha value is -0.100. The molecular weight excluding hydrogens is 290 g/mol. The van der Waals surface area contributed by atoms with Crippen molar-refractivity contribution in [2.24, 2.45) is 5.73 Å². The van der Waals surface area contributed by atoms with Gasteiger partial charge in [0.1, 0.15) is 6.04 Å². The van der Waals surface area contributed by atoms with E-state index in [1.807, 2.05) is 11.4 Å². The van der Waals surface area contributed by atoms with Gasteiger partial charge in [-0.25, -0.2) is 0 Å². The highest BCUT2D eigenvalue weighted by Crippen LogP contribution is 2.23. The maximum absolute atomic E-state index is 11.0. The maximum Gasteiger partial charge on any atom is 0.323 e. The largest absolute Gasteiger partial charge is 0.468 e.